The molecule has 6 nitrogen and oxygen atoms in total. The molecule has 0 spiro atoms. The van der Waals surface area contributed by atoms with Crippen LogP contribution in [0.2, 0.25) is 0 Å². The van der Waals surface area contributed by atoms with Crippen LogP contribution in [0.4, 0.5) is 4.39 Å². The van der Waals surface area contributed by atoms with Crippen LogP contribution in [0.25, 0.3) is 17.3 Å². The number of carbonyl (C=O) groups is 1. The number of hydrogen-bond donors (Lipinski definition) is 1. The number of aromatic amines is 1. The zero-order valence-electron chi connectivity index (χ0n) is 15.7. The van der Waals surface area contributed by atoms with Gasteiger partial charge in [-0.05, 0) is 42.5 Å². The molecule has 3 aromatic rings. The number of H-pyrrole nitrogens is 1. The Bertz CT molecular complexity index is 1000. The van der Waals surface area contributed by atoms with Crippen LogP contribution in [0.5, 0.6) is 17.2 Å². The number of ether oxygens (including phenoxy) is 3. The van der Waals surface area contributed by atoms with Gasteiger partial charge in [-0.15, -0.1) is 0 Å². The van der Waals surface area contributed by atoms with Crippen molar-refractivity contribution < 1.29 is 23.4 Å². The molecule has 0 aliphatic carbocycles. The summed E-state index contributed by atoms with van der Waals surface area (Å²) < 4.78 is 29.5. The summed E-state index contributed by atoms with van der Waals surface area (Å²) in [6.45, 7) is 0. The van der Waals surface area contributed by atoms with E-state index in [4.69, 9.17) is 14.2 Å². The number of aromatic nitrogens is 2. The molecule has 1 heterocycles. The Labute approximate surface area is 161 Å². The van der Waals surface area contributed by atoms with E-state index in [0.717, 1.165) is 5.56 Å². The maximum atomic E-state index is 14.0. The first-order chi connectivity index (χ1) is 13.5. The van der Waals surface area contributed by atoms with Crippen molar-refractivity contribution >= 4 is 11.9 Å². The van der Waals surface area contributed by atoms with Gasteiger partial charge in [0.1, 0.15) is 23.1 Å². The molecule has 0 aliphatic heterocycles. The lowest BCUT2D eigenvalue weighted by Gasteiger charge is -2.06. The predicted molar refractivity (Wildman–Crippen MR) is 103 cm³/mol. The zero-order valence-corrected chi connectivity index (χ0v) is 15.7. The minimum atomic E-state index is -0.636. The number of ketones is 1. The van der Waals surface area contributed by atoms with E-state index in [0.29, 0.717) is 28.6 Å². The van der Waals surface area contributed by atoms with Crippen LogP contribution in [0.3, 0.4) is 0 Å². The second-order valence-corrected chi connectivity index (χ2v) is 5.85. The molecule has 2 aromatic carbocycles. The molecular formula is C21H19FN2O4. The number of methoxy groups -OCH3 is 3. The molecule has 28 heavy (non-hydrogen) atoms. The summed E-state index contributed by atoms with van der Waals surface area (Å²) in [6, 6.07) is 11.3. The molecule has 144 valence electrons. The lowest BCUT2D eigenvalue weighted by atomic mass is 10.1. The highest BCUT2D eigenvalue weighted by Crippen LogP contribution is 2.29. The molecule has 0 atom stereocenters. The highest BCUT2D eigenvalue weighted by atomic mass is 19.1. The van der Waals surface area contributed by atoms with E-state index in [1.165, 1.54) is 31.4 Å². The predicted octanol–water partition coefficient (Wildman–Crippen LogP) is 4.14. The van der Waals surface area contributed by atoms with Crippen molar-refractivity contribution in [2.24, 2.45) is 0 Å². The van der Waals surface area contributed by atoms with E-state index < -0.39 is 11.6 Å². The van der Waals surface area contributed by atoms with Gasteiger partial charge in [0.2, 0.25) is 0 Å². The van der Waals surface area contributed by atoms with Gasteiger partial charge >= 0.3 is 0 Å². The topological polar surface area (TPSA) is 73.4 Å². The van der Waals surface area contributed by atoms with Gasteiger partial charge in [0.15, 0.2) is 5.78 Å². The molecule has 0 fully saturated rings. The summed E-state index contributed by atoms with van der Waals surface area (Å²) in [5.41, 5.74) is 2.01. The van der Waals surface area contributed by atoms with Gasteiger partial charge in [0, 0.05) is 17.7 Å². The smallest absolute Gasteiger partial charge is 0.188 e. The maximum absolute atomic E-state index is 14.0. The number of rotatable bonds is 7. The van der Waals surface area contributed by atoms with Crippen molar-refractivity contribution in [1.82, 2.24) is 10.2 Å². The average Bonchev–Trinajstić information content (AvgIpc) is 3.20. The van der Waals surface area contributed by atoms with Gasteiger partial charge in [-0.2, -0.15) is 5.10 Å². The fourth-order valence-electron chi connectivity index (χ4n) is 2.60. The molecule has 0 radical (unpaired) electrons. The zero-order chi connectivity index (χ0) is 20.1. The lowest BCUT2D eigenvalue weighted by molar-refractivity contribution is 0.104. The van der Waals surface area contributed by atoms with Gasteiger partial charge in [0.05, 0.1) is 38.3 Å². The third kappa shape index (κ3) is 4.20. The number of allylic oxidation sites excluding steroid dienone is 1. The van der Waals surface area contributed by atoms with Crippen LogP contribution < -0.4 is 14.2 Å². The van der Waals surface area contributed by atoms with Crippen molar-refractivity contribution in [3.63, 3.8) is 0 Å². The SMILES string of the molecule is COc1cc(OC)cc(-c2cc(C=CC(=O)c3ccc(OC)cc3F)[nH]n2)c1. The lowest BCUT2D eigenvalue weighted by Crippen LogP contribution is -1.99. The van der Waals surface area contributed by atoms with Gasteiger partial charge < -0.3 is 14.2 Å². The van der Waals surface area contributed by atoms with E-state index in [1.54, 1.807) is 32.4 Å². The first kappa shape index (κ1) is 19.2. The second-order valence-electron chi connectivity index (χ2n) is 5.85. The molecule has 1 N–H and O–H groups in total. The van der Waals surface area contributed by atoms with E-state index in [1.807, 2.05) is 12.1 Å². The third-order valence-electron chi connectivity index (χ3n) is 4.10. The Morgan fingerprint density at radius 1 is 0.964 bits per heavy atom. The average molecular weight is 382 g/mol. The van der Waals surface area contributed by atoms with Crippen molar-refractivity contribution in [1.29, 1.82) is 0 Å². The Morgan fingerprint density at radius 3 is 2.25 bits per heavy atom. The van der Waals surface area contributed by atoms with Crippen LogP contribution in [-0.2, 0) is 0 Å². The van der Waals surface area contributed by atoms with Gasteiger partial charge in [-0.1, -0.05) is 0 Å². The highest BCUT2D eigenvalue weighted by molar-refractivity contribution is 6.07. The normalized spacial score (nSPS) is 10.9. The number of halogens is 1. The Hall–Kier alpha value is -3.61. The first-order valence-electron chi connectivity index (χ1n) is 8.39. The molecule has 0 amide bonds. The number of benzene rings is 2. The van der Waals surface area contributed by atoms with Gasteiger partial charge in [0.25, 0.3) is 0 Å². The fourth-order valence-corrected chi connectivity index (χ4v) is 2.60. The molecule has 0 bridgehead atoms. The standard InChI is InChI=1S/C21H19FN2O4/c1-26-15-5-6-18(19(22)12-15)21(25)7-4-14-10-20(24-23-14)13-8-16(27-2)11-17(9-13)28-3/h4-12H,1-3H3,(H,23,24). The van der Waals surface area contributed by atoms with Crippen LogP contribution in [0.1, 0.15) is 16.1 Å². The molecule has 7 heteroatoms. The molecule has 3 rings (SSSR count). The second kappa shape index (κ2) is 8.39. The monoisotopic (exact) mass is 382 g/mol. The van der Waals surface area contributed by atoms with E-state index >= 15 is 0 Å². The Kier molecular flexibility index (Phi) is 5.74. The fraction of sp³-hybridized carbons (Fsp3) is 0.143. The highest BCUT2D eigenvalue weighted by Gasteiger charge is 2.11. The molecular weight excluding hydrogens is 363 g/mol. The summed E-state index contributed by atoms with van der Waals surface area (Å²) in [5.74, 6) is 0.534. The molecule has 0 saturated carbocycles. The third-order valence-corrected chi connectivity index (χ3v) is 4.10. The van der Waals surface area contributed by atoms with E-state index in [-0.39, 0.29) is 5.56 Å². The molecule has 0 aliphatic rings. The minimum absolute atomic E-state index is 0.0330. The van der Waals surface area contributed by atoms with Crippen molar-refractivity contribution in [3.05, 3.63) is 65.6 Å². The molecule has 0 unspecified atom stereocenters. The quantitative estimate of drug-likeness (QED) is 0.491. The number of carbonyl (C=O) groups excluding carboxylic acids is 1. The summed E-state index contributed by atoms with van der Waals surface area (Å²) in [7, 11) is 4.58. The largest absolute Gasteiger partial charge is 0.497 e. The van der Waals surface area contributed by atoms with E-state index in [2.05, 4.69) is 10.2 Å². The van der Waals surface area contributed by atoms with Crippen LogP contribution in [-0.4, -0.2) is 37.3 Å². The van der Waals surface area contributed by atoms with Crippen LogP contribution >= 0.6 is 0 Å². The van der Waals surface area contributed by atoms with Crippen molar-refractivity contribution in [2.75, 3.05) is 21.3 Å². The van der Waals surface area contributed by atoms with E-state index in [9.17, 15) is 9.18 Å². The van der Waals surface area contributed by atoms with Crippen molar-refractivity contribution in [2.45, 2.75) is 0 Å². The maximum Gasteiger partial charge on any atom is 0.188 e. The summed E-state index contributed by atoms with van der Waals surface area (Å²) in [6.07, 6.45) is 2.83. The van der Waals surface area contributed by atoms with Crippen molar-refractivity contribution in [3.8, 4) is 28.5 Å². The summed E-state index contributed by atoms with van der Waals surface area (Å²) in [4.78, 5) is 12.2. The number of nitrogens with zero attached hydrogens (tertiary/aromatic N) is 1. The van der Waals surface area contributed by atoms with Crippen LogP contribution in [0, 0.1) is 5.82 Å². The number of nitrogens with one attached hydrogen (secondary N) is 1. The van der Waals surface area contributed by atoms with Gasteiger partial charge in [-0.3, -0.25) is 9.89 Å². The molecule has 1 aromatic heterocycles. The minimum Gasteiger partial charge on any atom is -0.497 e. The molecule has 0 saturated heterocycles. The Morgan fingerprint density at radius 2 is 1.64 bits per heavy atom. The summed E-state index contributed by atoms with van der Waals surface area (Å²) >= 11 is 0. The summed E-state index contributed by atoms with van der Waals surface area (Å²) in [5, 5.41) is 7.07. The first-order valence-corrected chi connectivity index (χ1v) is 8.39. The van der Waals surface area contributed by atoms with Gasteiger partial charge in [-0.25, -0.2) is 4.39 Å². The Balaban J connectivity index is 1.80. The van der Waals surface area contributed by atoms with Crippen LogP contribution in [0.15, 0.2) is 48.5 Å². The number of hydrogen-bond acceptors (Lipinski definition) is 5.